The molecule has 1 aromatic carbocycles. The summed E-state index contributed by atoms with van der Waals surface area (Å²) < 4.78 is 0.949. The van der Waals surface area contributed by atoms with Gasteiger partial charge in [-0.2, -0.15) is 11.3 Å². The minimum Gasteiger partial charge on any atom is -0.387 e. The van der Waals surface area contributed by atoms with E-state index in [9.17, 15) is 9.90 Å². The molecule has 0 bridgehead atoms. The highest BCUT2D eigenvalue weighted by molar-refractivity contribution is 9.10. The Hall–Kier alpha value is -1.43. The monoisotopic (exact) mass is 365 g/mol. The fraction of sp³-hybridized carbons (Fsp3) is 0.188. The van der Waals surface area contributed by atoms with E-state index < -0.39 is 6.10 Å². The molecule has 0 saturated carbocycles. The standard InChI is InChI=1S/C16H16BrNO2S/c1-11-2-3-12(14(17)8-11)4-5-16(20)18-9-15(19)13-6-7-21-10-13/h2-8,10,15,19H,9H2,1H3,(H,18,20)/b5-4+. The number of halogens is 1. The zero-order chi connectivity index (χ0) is 15.2. The Morgan fingerprint density at radius 1 is 1.48 bits per heavy atom. The molecule has 0 aliphatic heterocycles. The number of nitrogens with one attached hydrogen (secondary N) is 1. The summed E-state index contributed by atoms with van der Waals surface area (Å²) in [5.41, 5.74) is 2.92. The van der Waals surface area contributed by atoms with Crippen LogP contribution >= 0.6 is 27.3 Å². The zero-order valence-electron chi connectivity index (χ0n) is 11.5. The quantitative estimate of drug-likeness (QED) is 0.793. The highest BCUT2D eigenvalue weighted by atomic mass is 79.9. The average molecular weight is 366 g/mol. The lowest BCUT2D eigenvalue weighted by Crippen LogP contribution is -2.26. The molecule has 0 radical (unpaired) electrons. The summed E-state index contributed by atoms with van der Waals surface area (Å²) in [6, 6.07) is 7.78. The fourth-order valence-electron chi connectivity index (χ4n) is 1.77. The van der Waals surface area contributed by atoms with Crippen LogP contribution in [0.15, 0.2) is 45.6 Å². The van der Waals surface area contributed by atoms with Gasteiger partial charge in [-0.3, -0.25) is 4.79 Å². The molecule has 110 valence electrons. The first-order chi connectivity index (χ1) is 10.1. The van der Waals surface area contributed by atoms with Gasteiger partial charge < -0.3 is 10.4 Å². The SMILES string of the molecule is Cc1ccc(/C=C/C(=O)NCC(O)c2ccsc2)c(Br)c1. The second-order valence-electron chi connectivity index (χ2n) is 4.68. The van der Waals surface area contributed by atoms with Crippen LogP contribution in [0, 0.1) is 6.92 Å². The van der Waals surface area contributed by atoms with E-state index >= 15 is 0 Å². The fourth-order valence-corrected chi connectivity index (χ4v) is 3.10. The molecular formula is C16H16BrNO2S. The summed E-state index contributed by atoms with van der Waals surface area (Å²) in [6.45, 7) is 2.21. The second-order valence-corrected chi connectivity index (χ2v) is 6.31. The van der Waals surface area contributed by atoms with Crippen molar-refractivity contribution in [1.82, 2.24) is 5.32 Å². The second kappa shape index (κ2) is 7.54. The van der Waals surface area contributed by atoms with Crippen LogP contribution in [0.25, 0.3) is 6.08 Å². The Bertz CT molecular complexity index is 638. The summed E-state index contributed by atoms with van der Waals surface area (Å²) in [4.78, 5) is 11.7. The minimum absolute atomic E-state index is 0.203. The molecule has 21 heavy (non-hydrogen) atoms. The van der Waals surface area contributed by atoms with E-state index in [1.165, 1.54) is 17.4 Å². The number of thiophene rings is 1. The van der Waals surface area contributed by atoms with Gasteiger partial charge in [0.15, 0.2) is 0 Å². The third-order valence-corrected chi connectivity index (χ3v) is 4.36. The molecule has 2 aromatic rings. The Kier molecular flexibility index (Phi) is 5.73. The minimum atomic E-state index is -0.667. The lowest BCUT2D eigenvalue weighted by atomic mass is 10.1. The normalized spacial score (nSPS) is 12.5. The molecule has 2 N–H and O–H groups in total. The van der Waals surface area contributed by atoms with Gasteiger partial charge in [0.05, 0.1) is 6.10 Å². The number of amides is 1. The smallest absolute Gasteiger partial charge is 0.244 e. The lowest BCUT2D eigenvalue weighted by molar-refractivity contribution is -0.116. The first kappa shape index (κ1) is 15.9. The maximum absolute atomic E-state index is 11.7. The van der Waals surface area contributed by atoms with Crippen molar-refractivity contribution >= 4 is 39.2 Å². The number of aryl methyl sites for hydroxylation is 1. The molecule has 1 heterocycles. The molecule has 0 fully saturated rings. The Balaban J connectivity index is 1.88. The van der Waals surface area contributed by atoms with Gasteiger partial charge in [-0.1, -0.05) is 28.1 Å². The molecule has 2 rings (SSSR count). The number of aliphatic hydroxyl groups is 1. The first-order valence-corrected chi connectivity index (χ1v) is 8.22. The van der Waals surface area contributed by atoms with Crippen LogP contribution in [0.5, 0.6) is 0 Å². The summed E-state index contributed by atoms with van der Waals surface area (Å²) in [7, 11) is 0. The number of benzene rings is 1. The maximum atomic E-state index is 11.7. The van der Waals surface area contributed by atoms with Crippen molar-refractivity contribution in [2.75, 3.05) is 6.54 Å². The van der Waals surface area contributed by atoms with E-state index in [0.29, 0.717) is 0 Å². The zero-order valence-corrected chi connectivity index (χ0v) is 13.9. The van der Waals surface area contributed by atoms with Crippen molar-refractivity contribution < 1.29 is 9.90 Å². The van der Waals surface area contributed by atoms with Crippen molar-refractivity contribution in [2.45, 2.75) is 13.0 Å². The Labute approximate surface area is 136 Å². The number of aliphatic hydroxyl groups excluding tert-OH is 1. The van der Waals surface area contributed by atoms with E-state index in [4.69, 9.17) is 0 Å². The van der Waals surface area contributed by atoms with Crippen molar-refractivity contribution in [3.63, 3.8) is 0 Å². The topological polar surface area (TPSA) is 49.3 Å². The maximum Gasteiger partial charge on any atom is 0.244 e. The third kappa shape index (κ3) is 4.81. The van der Waals surface area contributed by atoms with Gasteiger partial charge in [0.2, 0.25) is 5.91 Å². The largest absolute Gasteiger partial charge is 0.387 e. The summed E-state index contributed by atoms with van der Waals surface area (Å²) in [5.74, 6) is -0.225. The predicted octanol–water partition coefficient (Wildman–Crippen LogP) is 3.68. The number of rotatable bonds is 5. The van der Waals surface area contributed by atoms with Crippen LogP contribution in [-0.4, -0.2) is 17.6 Å². The van der Waals surface area contributed by atoms with Crippen LogP contribution in [-0.2, 0) is 4.79 Å². The van der Waals surface area contributed by atoms with Gasteiger partial charge in [0.1, 0.15) is 0 Å². The van der Waals surface area contributed by atoms with Gasteiger partial charge in [-0.25, -0.2) is 0 Å². The molecule has 5 heteroatoms. The molecule has 1 atom stereocenters. The number of hydrogen-bond acceptors (Lipinski definition) is 3. The first-order valence-electron chi connectivity index (χ1n) is 6.48. The van der Waals surface area contributed by atoms with Crippen molar-refractivity contribution in [2.24, 2.45) is 0 Å². The summed E-state index contributed by atoms with van der Waals surface area (Å²) in [6.07, 6.45) is 2.55. The van der Waals surface area contributed by atoms with Gasteiger partial charge >= 0.3 is 0 Å². The number of carbonyl (C=O) groups excluding carboxylic acids is 1. The van der Waals surface area contributed by atoms with Gasteiger partial charge in [0.25, 0.3) is 0 Å². The van der Waals surface area contributed by atoms with Crippen LogP contribution in [0.3, 0.4) is 0 Å². The highest BCUT2D eigenvalue weighted by Gasteiger charge is 2.08. The van der Waals surface area contributed by atoms with Crippen molar-refractivity contribution in [3.05, 3.63) is 62.3 Å². The highest BCUT2D eigenvalue weighted by Crippen LogP contribution is 2.19. The average Bonchev–Trinajstić information content (AvgIpc) is 2.98. The molecule has 0 aliphatic rings. The van der Waals surface area contributed by atoms with Crippen LogP contribution in [0.4, 0.5) is 0 Å². The van der Waals surface area contributed by atoms with Gasteiger partial charge in [-0.15, -0.1) is 0 Å². The molecule has 1 amide bonds. The summed E-state index contributed by atoms with van der Waals surface area (Å²) >= 11 is 4.98. The predicted molar refractivity (Wildman–Crippen MR) is 90.2 cm³/mol. The molecule has 1 aromatic heterocycles. The molecule has 3 nitrogen and oxygen atoms in total. The number of hydrogen-bond donors (Lipinski definition) is 2. The van der Waals surface area contributed by atoms with Crippen LogP contribution in [0.1, 0.15) is 22.8 Å². The van der Waals surface area contributed by atoms with Gasteiger partial charge in [-0.05, 0) is 52.6 Å². The van der Waals surface area contributed by atoms with Crippen molar-refractivity contribution in [3.8, 4) is 0 Å². The van der Waals surface area contributed by atoms with E-state index in [1.54, 1.807) is 6.08 Å². The Morgan fingerprint density at radius 2 is 2.29 bits per heavy atom. The molecule has 0 spiro atoms. The van der Waals surface area contributed by atoms with E-state index in [-0.39, 0.29) is 12.5 Å². The molecule has 0 aliphatic carbocycles. The molecular weight excluding hydrogens is 350 g/mol. The van der Waals surface area contributed by atoms with E-state index in [0.717, 1.165) is 21.2 Å². The lowest BCUT2D eigenvalue weighted by Gasteiger charge is -2.09. The number of carbonyl (C=O) groups is 1. The third-order valence-electron chi connectivity index (χ3n) is 2.97. The summed E-state index contributed by atoms with van der Waals surface area (Å²) in [5, 5.41) is 16.3. The molecule has 0 saturated heterocycles. The van der Waals surface area contributed by atoms with Crippen LogP contribution < -0.4 is 5.32 Å². The van der Waals surface area contributed by atoms with Crippen LogP contribution in [0.2, 0.25) is 0 Å². The Morgan fingerprint density at radius 3 is 2.95 bits per heavy atom. The van der Waals surface area contributed by atoms with E-state index in [2.05, 4.69) is 21.2 Å². The van der Waals surface area contributed by atoms with E-state index in [1.807, 2.05) is 41.9 Å². The van der Waals surface area contributed by atoms with Gasteiger partial charge in [0, 0.05) is 17.1 Å². The molecule has 1 unspecified atom stereocenters. The van der Waals surface area contributed by atoms with Crippen molar-refractivity contribution in [1.29, 1.82) is 0 Å².